The van der Waals surface area contributed by atoms with E-state index in [0.29, 0.717) is 5.56 Å². The highest BCUT2D eigenvalue weighted by Gasteiger charge is 2.22. The molecule has 0 saturated carbocycles. The zero-order valence-corrected chi connectivity index (χ0v) is 18.2. The Morgan fingerprint density at radius 1 is 1.13 bits per heavy atom. The van der Waals surface area contributed by atoms with Crippen molar-refractivity contribution in [2.24, 2.45) is 7.05 Å². The number of fused-ring (bicyclic) bond motifs is 1. The van der Waals surface area contributed by atoms with Gasteiger partial charge in [-0.3, -0.25) is 9.48 Å². The lowest BCUT2D eigenvalue weighted by atomic mass is 10.0. The quantitative estimate of drug-likeness (QED) is 0.675. The number of nitrogens with zero attached hydrogens (tertiary/aromatic N) is 4. The molecule has 158 valence electrons. The fourth-order valence-electron chi connectivity index (χ4n) is 4.49. The number of pyridine rings is 1. The highest BCUT2D eigenvalue weighted by atomic mass is 16.1. The van der Waals surface area contributed by atoms with E-state index in [-0.39, 0.29) is 11.9 Å². The second-order valence-corrected chi connectivity index (χ2v) is 8.35. The number of carbonyl (C=O) groups is 1. The topological polar surface area (TPSA) is 63.1 Å². The van der Waals surface area contributed by atoms with Gasteiger partial charge in [0.2, 0.25) is 0 Å². The predicted octanol–water partition coefficient (Wildman–Crippen LogP) is 3.93. The molecule has 3 aromatic rings. The van der Waals surface area contributed by atoms with Crippen LogP contribution in [0.5, 0.6) is 0 Å². The van der Waals surface area contributed by atoms with E-state index in [2.05, 4.69) is 32.4 Å². The lowest BCUT2D eigenvalue weighted by Crippen LogP contribution is -2.35. The van der Waals surface area contributed by atoms with Crippen LogP contribution in [-0.2, 0) is 7.05 Å². The van der Waals surface area contributed by atoms with E-state index >= 15 is 0 Å². The van der Waals surface area contributed by atoms with E-state index in [1.807, 2.05) is 45.2 Å². The third kappa shape index (κ3) is 4.38. The van der Waals surface area contributed by atoms with Crippen LogP contribution in [0.2, 0.25) is 0 Å². The normalized spacial score (nSPS) is 16.0. The third-order valence-electron chi connectivity index (χ3n) is 6.03. The van der Waals surface area contributed by atoms with Gasteiger partial charge in [-0.15, -0.1) is 0 Å². The number of amides is 1. The van der Waals surface area contributed by atoms with Gasteiger partial charge in [0.1, 0.15) is 0 Å². The minimum atomic E-state index is -0.0610. The summed E-state index contributed by atoms with van der Waals surface area (Å²) in [5.41, 5.74) is 4.20. The first-order chi connectivity index (χ1) is 14.5. The summed E-state index contributed by atoms with van der Waals surface area (Å²) in [6.07, 6.45) is 4.78. The van der Waals surface area contributed by atoms with Crippen LogP contribution < -0.4 is 5.32 Å². The molecule has 1 amide bonds. The molecule has 6 nitrogen and oxygen atoms in total. The molecule has 1 aromatic carbocycles. The first-order valence-electron chi connectivity index (χ1n) is 10.9. The number of hydrogen-bond acceptors (Lipinski definition) is 4. The maximum atomic E-state index is 13.4. The summed E-state index contributed by atoms with van der Waals surface area (Å²) < 4.78 is 1.75. The predicted molar refractivity (Wildman–Crippen MR) is 120 cm³/mol. The van der Waals surface area contributed by atoms with Crippen molar-refractivity contribution in [3.05, 3.63) is 58.9 Å². The minimum absolute atomic E-state index is 0.0267. The van der Waals surface area contributed by atoms with Gasteiger partial charge < -0.3 is 10.2 Å². The molecule has 0 radical (unpaired) electrons. The number of likely N-dealkylation sites (tertiary alicyclic amines) is 1. The summed E-state index contributed by atoms with van der Waals surface area (Å²) in [5.74, 6) is -0.0610. The molecule has 0 spiro atoms. The SMILES string of the molecule is Cc1cc(C(=O)NC(CCN2CCCCC2)c2ccccc2)c2c(C)nn(C)c2n1. The number of benzene rings is 1. The first kappa shape index (κ1) is 20.5. The highest BCUT2D eigenvalue weighted by molar-refractivity contribution is 6.06. The number of carbonyl (C=O) groups excluding carboxylic acids is 1. The molecule has 1 aliphatic rings. The molecule has 1 unspecified atom stereocenters. The molecule has 1 N–H and O–H groups in total. The number of aryl methyl sites for hydroxylation is 3. The Kier molecular flexibility index (Phi) is 6.13. The smallest absolute Gasteiger partial charge is 0.252 e. The summed E-state index contributed by atoms with van der Waals surface area (Å²) in [4.78, 5) is 20.5. The summed E-state index contributed by atoms with van der Waals surface area (Å²) >= 11 is 0. The molecule has 1 saturated heterocycles. The second kappa shape index (κ2) is 8.96. The van der Waals surface area contributed by atoms with Crippen molar-refractivity contribution in [3.8, 4) is 0 Å². The van der Waals surface area contributed by atoms with Crippen molar-refractivity contribution in [1.82, 2.24) is 25.0 Å². The zero-order chi connectivity index (χ0) is 21.1. The van der Waals surface area contributed by atoms with Gasteiger partial charge in [-0.05, 0) is 57.8 Å². The Labute approximate surface area is 178 Å². The number of nitrogens with one attached hydrogen (secondary N) is 1. The van der Waals surface area contributed by atoms with Crippen LogP contribution in [0, 0.1) is 13.8 Å². The molecular formula is C24H31N5O. The second-order valence-electron chi connectivity index (χ2n) is 8.35. The van der Waals surface area contributed by atoms with Crippen molar-refractivity contribution in [2.45, 2.75) is 45.6 Å². The van der Waals surface area contributed by atoms with Gasteiger partial charge >= 0.3 is 0 Å². The minimum Gasteiger partial charge on any atom is -0.345 e. The molecule has 1 atom stereocenters. The molecule has 6 heteroatoms. The van der Waals surface area contributed by atoms with Crippen molar-refractivity contribution in [2.75, 3.05) is 19.6 Å². The molecule has 0 bridgehead atoms. The van der Waals surface area contributed by atoms with Gasteiger partial charge in [0.15, 0.2) is 5.65 Å². The average molecular weight is 406 g/mol. The Morgan fingerprint density at radius 2 is 1.87 bits per heavy atom. The van der Waals surface area contributed by atoms with Crippen molar-refractivity contribution in [3.63, 3.8) is 0 Å². The van der Waals surface area contributed by atoms with Gasteiger partial charge in [-0.2, -0.15) is 5.10 Å². The van der Waals surface area contributed by atoms with Crippen molar-refractivity contribution < 1.29 is 4.79 Å². The average Bonchev–Trinajstić information content (AvgIpc) is 3.05. The molecule has 30 heavy (non-hydrogen) atoms. The van der Waals surface area contributed by atoms with Crippen LogP contribution in [0.1, 0.15) is 59.0 Å². The van der Waals surface area contributed by atoms with Crippen LogP contribution in [-0.4, -0.2) is 45.2 Å². The van der Waals surface area contributed by atoms with Gasteiger partial charge in [-0.1, -0.05) is 36.8 Å². The fourth-order valence-corrected chi connectivity index (χ4v) is 4.49. The van der Waals surface area contributed by atoms with Crippen molar-refractivity contribution in [1.29, 1.82) is 0 Å². The molecule has 0 aliphatic carbocycles. The van der Waals surface area contributed by atoms with Crippen LogP contribution >= 0.6 is 0 Å². The Morgan fingerprint density at radius 3 is 2.60 bits per heavy atom. The lowest BCUT2D eigenvalue weighted by molar-refractivity contribution is 0.0931. The maximum Gasteiger partial charge on any atom is 0.252 e. The van der Waals surface area contributed by atoms with Gasteiger partial charge in [0.05, 0.1) is 22.7 Å². The van der Waals surface area contributed by atoms with Gasteiger partial charge in [0.25, 0.3) is 5.91 Å². The number of rotatable bonds is 6. The van der Waals surface area contributed by atoms with Gasteiger partial charge in [0, 0.05) is 19.3 Å². The third-order valence-corrected chi connectivity index (χ3v) is 6.03. The Balaban J connectivity index is 1.59. The summed E-state index contributed by atoms with van der Waals surface area (Å²) in [6.45, 7) is 7.17. The summed E-state index contributed by atoms with van der Waals surface area (Å²) in [5, 5.41) is 8.63. The first-order valence-corrected chi connectivity index (χ1v) is 10.9. The Bertz CT molecular complexity index is 1020. The van der Waals surface area contributed by atoms with E-state index in [0.717, 1.165) is 54.0 Å². The van der Waals surface area contributed by atoms with E-state index in [4.69, 9.17) is 0 Å². The van der Waals surface area contributed by atoms with Crippen LogP contribution in [0.15, 0.2) is 36.4 Å². The molecule has 4 rings (SSSR count). The number of aromatic nitrogens is 3. The molecule has 2 aromatic heterocycles. The monoisotopic (exact) mass is 405 g/mol. The van der Waals surface area contributed by atoms with E-state index < -0.39 is 0 Å². The molecular weight excluding hydrogens is 374 g/mol. The standard InChI is InChI=1S/C24H31N5O/c1-17-16-20(22-18(2)27-28(3)23(22)25-17)24(30)26-21(19-10-6-4-7-11-19)12-15-29-13-8-5-9-14-29/h4,6-7,10-11,16,21H,5,8-9,12-15H2,1-3H3,(H,26,30). The highest BCUT2D eigenvalue weighted by Crippen LogP contribution is 2.24. The fraction of sp³-hybridized carbons (Fsp3) is 0.458. The van der Waals surface area contributed by atoms with E-state index in [9.17, 15) is 4.79 Å². The van der Waals surface area contributed by atoms with Gasteiger partial charge in [-0.25, -0.2) is 4.98 Å². The lowest BCUT2D eigenvalue weighted by Gasteiger charge is -2.29. The zero-order valence-electron chi connectivity index (χ0n) is 18.2. The van der Waals surface area contributed by atoms with Crippen LogP contribution in [0.3, 0.4) is 0 Å². The summed E-state index contributed by atoms with van der Waals surface area (Å²) in [6, 6.07) is 12.1. The largest absolute Gasteiger partial charge is 0.345 e. The van der Waals surface area contributed by atoms with Crippen molar-refractivity contribution >= 4 is 16.9 Å². The molecule has 3 heterocycles. The number of piperidine rings is 1. The summed E-state index contributed by atoms with van der Waals surface area (Å²) in [7, 11) is 1.87. The Hall–Kier alpha value is -2.73. The van der Waals surface area contributed by atoms with Crippen LogP contribution in [0.4, 0.5) is 0 Å². The molecule has 1 fully saturated rings. The van der Waals surface area contributed by atoms with E-state index in [1.165, 1.54) is 19.3 Å². The van der Waals surface area contributed by atoms with E-state index in [1.54, 1.807) is 4.68 Å². The maximum absolute atomic E-state index is 13.4. The number of hydrogen-bond donors (Lipinski definition) is 1. The molecule has 1 aliphatic heterocycles. The van der Waals surface area contributed by atoms with Crippen LogP contribution in [0.25, 0.3) is 11.0 Å².